The van der Waals surface area contributed by atoms with E-state index < -0.39 is 26.5 Å². The molecule has 0 rings (SSSR count). The molecule has 10 heteroatoms. The Morgan fingerprint density at radius 2 is 0.562 bits per heavy atom. The van der Waals surface area contributed by atoms with Crippen LogP contribution in [0.1, 0.15) is 450 Å². The predicted octanol–water partition coefficient (Wildman–Crippen LogP) is 28.5. The van der Waals surface area contributed by atoms with Gasteiger partial charge in [-0.15, -0.1) is 0 Å². The predicted molar refractivity (Wildman–Crippen MR) is 418 cm³/mol. The lowest BCUT2D eigenvalue weighted by Gasteiger charge is -2.24. The Hall–Kier alpha value is -1.77. The number of carbonyl (C=O) groups excluding carboxylic acids is 2. The minimum absolute atomic E-state index is 0.0350. The normalized spacial score (nSPS) is 13.1. The van der Waals surface area contributed by atoms with Gasteiger partial charge in [-0.1, -0.05) is 423 Å². The van der Waals surface area contributed by atoms with Crippen LogP contribution in [0.4, 0.5) is 0 Å². The minimum Gasteiger partial charge on any atom is -0.462 e. The van der Waals surface area contributed by atoms with Gasteiger partial charge < -0.3 is 18.9 Å². The van der Waals surface area contributed by atoms with Crippen molar-refractivity contribution in [2.45, 2.75) is 457 Å². The molecular weight excluding hydrogens is 1210 g/mol. The van der Waals surface area contributed by atoms with Crippen molar-refractivity contribution in [2.24, 2.45) is 0 Å². The number of phosphoric acid groups is 1. The summed E-state index contributed by atoms with van der Waals surface area (Å²) in [6.45, 7) is 4.51. The van der Waals surface area contributed by atoms with Crippen molar-refractivity contribution in [3.05, 3.63) is 36.5 Å². The number of unbranched alkanes of at least 4 members (excludes halogenated alkanes) is 61. The van der Waals surface area contributed by atoms with Crippen LogP contribution in [0.5, 0.6) is 0 Å². The van der Waals surface area contributed by atoms with Gasteiger partial charge >= 0.3 is 19.8 Å². The lowest BCUT2D eigenvalue weighted by Crippen LogP contribution is -2.37. The summed E-state index contributed by atoms with van der Waals surface area (Å²) >= 11 is 0. The molecule has 0 spiro atoms. The molecule has 2 unspecified atom stereocenters. The number of carbonyl (C=O) groups is 2. The highest BCUT2D eigenvalue weighted by atomic mass is 31.2. The Morgan fingerprint density at radius 3 is 0.833 bits per heavy atom. The van der Waals surface area contributed by atoms with Crippen molar-refractivity contribution in [1.29, 1.82) is 0 Å². The number of rotatable bonds is 81. The van der Waals surface area contributed by atoms with Gasteiger partial charge in [0, 0.05) is 12.8 Å². The molecule has 96 heavy (non-hydrogen) atoms. The van der Waals surface area contributed by atoms with Gasteiger partial charge in [0.05, 0.1) is 27.7 Å². The summed E-state index contributed by atoms with van der Waals surface area (Å²) in [4.78, 5) is 36.0. The third kappa shape index (κ3) is 81.2. The van der Waals surface area contributed by atoms with E-state index in [9.17, 15) is 19.0 Å². The number of likely N-dealkylation sites (N-methyl/N-ethyl adjacent to an activating group) is 1. The van der Waals surface area contributed by atoms with Crippen molar-refractivity contribution in [2.75, 3.05) is 47.5 Å². The smallest absolute Gasteiger partial charge is 0.462 e. The Labute approximate surface area is 599 Å². The summed E-state index contributed by atoms with van der Waals surface area (Å²) in [5, 5.41) is 0. The number of hydrogen-bond acceptors (Lipinski definition) is 7. The molecule has 0 aliphatic rings. The molecule has 0 heterocycles. The summed E-state index contributed by atoms with van der Waals surface area (Å²) in [5.74, 6) is -0.770. The molecule has 0 radical (unpaired) electrons. The van der Waals surface area contributed by atoms with Crippen molar-refractivity contribution < 1.29 is 42.1 Å². The van der Waals surface area contributed by atoms with Crippen molar-refractivity contribution >= 4 is 19.8 Å². The zero-order chi connectivity index (χ0) is 69.7. The maximum absolute atomic E-state index is 12.9. The third-order valence-electron chi connectivity index (χ3n) is 19.7. The second kappa shape index (κ2) is 77.4. The van der Waals surface area contributed by atoms with Crippen molar-refractivity contribution in [3.8, 4) is 0 Å². The fourth-order valence-corrected chi connectivity index (χ4v) is 13.9. The Balaban J connectivity index is 3.86. The summed E-state index contributed by atoms with van der Waals surface area (Å²) in [6, 6.07) is 0. The van der Waals surface area contributed by atoms with E-state index in [1.54, 1.807) is 0 Å². The van der Waals surface area contributed by atoms with E-state index in [1.165, 1.54) is 372 Å². The first-order valence-electron chi connectivity index (χ1n) is 42.7. The number of nitrogens with zero attached hydrogens (tertiary/aromatic N) is 1. The second-order valence-electron chi connectivity index (χ2n) is 30.6. The van der Waals surface area contributed by atoms with Gasteiger partial charge in [-0.3, -0.25) is 18.6 Å². The molecule has 0 bridgehead atoms. The molecule has 0 aromatic carbocycles. The summed E-state index contributed by atoms with van der Waals surface area (Å²) in [7, 11) is 1.50. The number of quaternary nitrogens is 1. The van der Waals surface area contributed by atoms with Gasteiger partial charge in [0.25, 0.3) is 0 Å². The molecule has 1 N–H and O–H groups in total. The molecule has 0 amide bonds. The molecule has 0 aliphatic carbocycles. The highest BCUT2D eigenvalue weighted by Crippen LogP contribution is 2.43. The first-order chi connectivity index (χ1) is 47.0. The van der Waals surface area contributed by atoms with Crippen LogP contribution in [-0.2, 0) is 32.7 Å². The number of ether oxygens (including phenoxy) is 2. The van der Waals surface area contributed by atoms with Gasteiger partial charge in [0.15, 0.2) is 6.10 Å². The number of phosphoric ester groups is 1. The standard InChI is InChI=1S/C86H166NO8P/c1-6-8-10-12-14-16-18-20-22-24-26-28-30-32-34-36-38-40-41-42-43-44-45-47-48-50-52-54-56-58-60-62-64-66-68-70-72-74-76-78-85(88)92-82-84(83-94-96(90,91)93-81-80-87(3,4)5)95-86(89)79-77-75-73-71-69-67-65-63-61-59-57-55-53-51-49-46-39-37-35-33-31-29-27-25-23-21-19-17-15-13-11-9-7-2/h19,21,25,27,31,33,84H,6-18,20,22-24,26,28-30,32,34-83H2,1-5H3/p+1/b21-19-,27-25-,33-31-. The molecule has 0 saturated heterocycles. The molecule has 0 aliphatic heterocycles. The van der Waals surface area contributed by atoms with Crippen molar-refractivity contribution in [1.82, 2.24) is 0 Å². The zero-order valence-corrected chi connectivity index (χ0v) is 66.0. The first-order valence-corrected chi connectivity index (χ1v) is 44.2. The second-order valence-corrected chi connectivity index (χ2v) is 32.0. The van der Waals surface area contributed by atoms with Crippen molar-refractivity contribution in [3.63, 3.8) is 0 Å². The zero-order valence-electron chi connectivity index (χ0n) is 65.2. The molecule has 0 aromatic rings. The van der Waals surface area contributed by atoms with E-state index in [0.717, 1.165) is 44.9 Å². The molecule has 2 atom stereocenters. The van der Waals surface area contributed by atoms with E-state index >= 15 is 0 Å². The minimum atomic E-state index is -4.39. The maximum atomic E-state index is 12.9. The van der Waals surface area contributed by atoms with E-state index in [-0.39, 0.29) is 25.6 Å². The van der Waals surface area contributed by atoms with E-state index in [0.29, 0.717) is 23.9 Å². The SMILES string of the molecule is CCCCCCC/C=C\C/C=C\C/C=C\CCCCCCCCCCCCCCCCCCCCC(=O)OC(COC(=O)CCCCCCCCCCCCCCCCCCCCCCCCCCCCCCCCCCCCCCCCC)COP(=O)(O)OCC[N+](C)(C)C. The molecule has 0 aromatic heterocycles. The molecule has 568 valence electrons. The molecule has 9 nitrogen and oxygen atoms in total. The van der Waals surface area contributed by atoms with Crippen LogP contribution in [0.25, 0.3) is 0 Å². The highest BCUT2D eigenvalue weighted by Gasteiger charge is 2.27. The fraction of sp³-hybridized carbons (Fsp3) is 0.907. The maximum Gasteiger partial charge on any atom is 0.472 e. The highest BCUT2D eigenvalue weighted by molar-refractivity contribution is 7.47. The van der Waals surface area contributed by atoms with Crippen LogP contribution in [0.3, 0.4) is 0 Å². The quantitative estimate of drug-likeness (QED) is 0.0211. The van der Waals surface area contributed by atoms with Crippen LogP contribution in [0.15, 0.2) is 36.5 Å². The Kier molecular flexibility index (Phi) is 76.0. The van der Waals surface area contributed by atoms with Crippen LogP contribution in [0.2, 0.25) is 0 Å². The monoisotopic (exact) mass is 1370 g/mol. The lowest BCUT2D eigenvalue weighted by molar-refractivity contribution is -0.870. The van der Waals surface area contributed by atoms with E-state index in [1.807, 2.05) is 21.1 Å². The average molecular weight is 1370 g/mol. The van der Waals surface area contributed by atoms with E-state index in [4.69, 9.17) is 18.5 Å². The van der Waals surface area contributed by atoms with Crippen LogP contribution >= 0.6 is 7.82 Å². The number of hydrogen-bond donors (Lipinski definition) is 1. The first kappa shape index (κ1) is 94.2. The third-order valence-corrected chi connectivity index (χ3v) is 20.7. The number of esters is 2. The fourth-order valence-electron chi connectivity index (χ4n) is 13.2. The summed E-state index contributed by atoms with van der Waals surface area (Å²) in [5.41, 5.74) is 0. The van der Waals surface area contributed by atoms with E-state index in [2.05, 4.69) is 50.3 Å². The van der Waals surface area contributed by atoms with Crippen LogP contribution < -0.4 is 0 Å². The topological polar surface area (TPSA) is 108 Å². The molecule has 0 fully saturated rings. The van der Waals surface area contributed by atoms with Gasteiger partial charge in [-0.2, -0.15) is 0 Å². The largest absolute Gasteiger partial charge is 0.472 e. The Morgan fingerprint density at radius 1 is 0.323 bits per heavy atom. The lowest BCUT2D eigenvalue weighted by atomic mass is 10.0. The summed E-state index contributed by atoms with van der Waals surface area (Å²) < 4.78 is 34.9. The van der Waals surface area contributed by atoms with Gasteiger partial charge in [0.1, 0.15) is 19.8 Å². The average Bonchev–Trinajstić information content (AvgIpc) is 1.48. The van der Waals surface area contributed by atoms with Gasteiger partial charge in [-0.05, 0) is 51.4 Å². The van der Waals surface area contributed by atoms with Crippen LogP contribution in [-0.4, -0.2) is 74.9 Å². The van der Waals surface area contributed by atoms with Gasteiger partial charge in [-0.25, -0.2) is 4.57 Å². The number of allylic oxidation sites excluding steroid dienone is 6. The van der Waals surface area contributed by atoms with Crippen LogP contribution in [0, 0.1) is 0 Å². The molecule has 0 saturated carbocycles. The molecular formula is C86H167NO8P+. The summed E-state index contributed by atoms with van der Waals surface area (Å²) in [6.07, 6.45) is 102. The van der Waals surface area contributed by atoms with Gasteiger partial charge in [0.2, 0.25) is 0 Å². The Bertz CT molecular complexity index is 1710.